The van der Waals surface area contributed by atoms with E-state index < -0.39 is 38.3 Å². The summed E-state index contributed by atoms with van der Waals surface area (Å²) < 4.78 is 37.2. The number of anilines is 1. The summed E-state index contributed by atoms with van der Waals surface area (Å²) >= 11 is 0. The van der Waals surface area contributed by atoms with Gasteiger partial charge in [-0.15, -0.1) is 0 Å². The normalized spacial score (nSPS) is 20.3. The highest BCUT2D eigenvalue weighted by Crippen LogP contribution is 2.46. The molecule has 1 aliphatic rings. The lowest BCUT2D eigenvalue weighted by Gasteiger charge is -2.25. The van der Waals surface area contributed by atoms with Gasteiger partial charge in [-0.2, -0.15) is 5.10 Å². The monoisotopic (exact) mass is 773 g/mol. The van der Waals surface area contributed by atoms with E-state index >= 15 is 0 Å². The molecule has 1 aliphatic heterocycles. The number of rotatable bonds is 28. The van der Waals surface area contributed by atoms with Crippen LogP contribution in [0, 0.1) is 0 Å². The second-order valence-corrected chi connectivity index (χ2v) is 16.2. The minimum atomic E-state index is -4.61. The number of aromatic nitrogens is 3. The van der Waals surface area contributed by atoms with Gasteiger partial charge in [0, 0.05) is 18.6 Å². The lowest BCUT2D eigenvalue weighted by Crippen LogP contribution is -2.41. The first-order chi connectivity index (χ1) is 26.1. The van der Waals surface area contributed by atoms with Crippen molar-refractivity contribution < 1.29 is 37.9 Å². The number of hydrogen-bond acceptors (Lipinski definition) is 10. The van der Waals surface area contributed by atoms with Crippen LogP contribution in [0.25, 0.3) is 5.52 Å². The van der Waals surface area contributed by atoms with Crippen molar-refractivity contribution in [2.45, 2.75) is 147 Å². The van der Waals surface area contributed by atoms with Gasteiger partial charge in [0.25, 0.3) is 5.91 Å². The van der Waals surface area contributed by atoms with Gasteiger partial charge in [-0.1, -0.05) is 121 Å². The Balaban J connectivity index is 1.14. The first-order valence-electron chi connectivity index (χ1n) is 20.1. The van der Waals surface area contributed by atoms with Gasteiger partial charge in [-0.05, 0) is 37.6 Å². The van der Waals surface area contributed by atoms with Gasteiger partial charge >= 0.3 is 7.82 Å². The quantitative estimate of drug-likeness (QED) is 0.0416. The number of nitrogen functional groups attached to an aromatic ring is 1. The molecule has 2 aromatic heterocycles. The SMILES string of the molecule is CCCCCCCCCCCCCCCCCCOC[C@H](COP(=O)(O)OC[C@H]1O[C@@](C)(c2ccc3c(N)ncnn23)C[C@@H]1O)NC(=O)c1ccccc1. The summed E-state index contributed by atoms with van der Waals surface area (Å²) in [5.41, 5.74) is 6.69. The number of phosphoric ester groups is 1. The molecule has 0 saturated carbocycles. The fourth-order valence-corrected chi connectivity index (χ4v) is 7.79. The molecule has 3 heterocycles. The zero-order chi connectivity index (χ0) is 38.7. The van der Waals surface area contributed by atoms with E-state index in [1.807, 2.05) is 6.07 Å². The number of nitrogens with one attached hydrogen (secondary N) is 1. The van der Waals surface area contributed by atoms with Crippen LogP contribution in [0.15, 0.2) is 48.8 Å². The number of carbonyl (C=O) groups excluding carboxylic acids is 1. The molecule has 1 aromatic carbocycles. The van der Waals surface area contributed by atoms with Crippen molar-refractivity contribution in [3.05, 3.63) is 60.0 Å². The maximum atomic E-state index is 13.0. The van der Waals surface area contributed by atoms with Crippen LogP contribution in [0.1, 0.15) is 139 Å². The second kappa shape index (κ2) is 23.2. The molecule has 1 fully saturated rings. The number of carbonyl (C=O) groups is 1. The minimum Gasteiger partial charge on any atom is -0.390 e. The molecule has 0 bridgehead atoms. The number of amides is 1. The summed E-state index contributed by atoms with van der Waals surface area (Å²) in [6.45, 7) is 3.94. The van der Waals surface area contributed by atoms with E-state index in [1.54, 1.807) is 47.8 Å². The predicted octanol–water partition coefficient (Wildman–Crippen LogP) is 7.89. The molecule has 0 aliphatic carbocycles. The number of unbranched alkanes of at least 4 members (excludes halogenated alkanes) is 15. The molecule has 14 heteroatoms. The summed E-state index contributed by atoms with van der Waals surface area (Å²) in [7, 11) is -4.61. The maximum Gasteiger partial charge on any atom is 0.472 e. The largest absolute Gasteiger partial charge is 0.472 e. The molecule has 0 radical (unpaired) electrons. The molecular formula is C40H64N5O8P. The Bertz CT molecular complexity index is 1560. The van der Waals surface area contributed by atoms with Crippen LogP contribution in [-0.2, 0) is 28.7 Å². The van der Waals surface area contributed by atoms with Crippen molar-refractivity contribution in [1.82, 2.24) is 19.9 Å². The van der Waals surface area contributed by atoms with Crippen molar-refractivity contribution in [3.8, 4) is 0 Å². The van der Waals surface area contributed by atoms with E-state index in [2.05, 4.69) is 22.3 Å². The Morgan fingerprint density at radius 2 is 1.56 bits per heavy atom. The number of nitrogens with two attached hydrogens (primary N) is 1. The molecule has 1 amide bonds. The third-order valence-corrected chi connectivity index (χ3v) is 11.1. The van der Waals surface area contributed by atoms with Crippen LogP contribution in [0.2, 0.25) is 0 Å². The zero-order valence-corrected chi connectivity index (χ0v) is 33.3. The third-order valence-electron chi connectivity index (χ3n) is 10.1. The molecule has 4 rings (SSSR count). The van der Waals surface area contributed by atoms with E-state index in [-0.39, 0.29) is 25.5 Å². The standard InChI is InChI=1S/C40H64N5O8P/c1-3-4-5-6-7-8-9-10-11-12-13-14-15-16-17-21-26-50-28-33(44-39(47)32-22-19-18-20-23-32)29-51-54(48,49)52-30-36-35(46)27-40(2,53-36)37-25-24-34-38(41)42-31-43-45(34)37/h18-20,22-25,31,33,35-36,46H,3-17,21,26-30H2,1-2H3,(H,44,47)(H,48,49)(H2,41,42,43)/t33-,35+,36-,40-/m1/s1. The lowest BCUT2D eigenvalue weighted by molar-refractivity contribution is -0.0697. The molecule has 3 aromatic rings. The molecule has 1 unspecified atom stereocenters. The summed E-state index contributed by atoms with van der Waals surface area (Å²) in [5.74, 6) is -0.0453. The summed E-state index contributed by atoms with van der Waals surface area (Å²) in [5, 5.41) is 17.9. The topological polar surface area (TPSA) is 180 Å². The van der Waals surface area contributed by atoms with Crippen LogP contribution in [0.3, 0.4) is 0 Å². The van der Waals surface area contributed by atoms with Crippen molar-refractivity contribution in [2.75, 3.05) is 32.2 Å². The highest BCUT2D eigenvalue weighted by Gasteiger charge is 2.46. The molecular weight excluding hydrogens is 709 g/mol. The molecule has 1 saturated heterocycles. The van der Waals surface area contributed by atoms with E-state index in [4.69, 9.17) is 24.3 Å². The Kier molecular flexibility index (Phi) is 18.9. The van der Waals surface area contributed by atoms with Crippen molar-refractivity contribution in [2.24, 2.45) is 0 Å². The molecule has 302 valence electrons. The van der Waals surface area contributed by atoms with E-state index in [9.17, 15) is 19.4 Å². The van der Waals surface area contributed by atoms with E-state index in [1.165, 1.54) is 89.8 Å². The molecule has 0 spiro atoms. The fourth-order valence-electron chi connectivity index (χ4n) is 7.01. The smallest absolute Gasteiger partial charge is 0.390 e. The minimum absolute atomic E-state index is 0.0967. The number of phosphoric acid groups is 1. The number of fused-ring (bicyclic) bond motifs is 1. The van der Waals surface area contributed by atoms with Crippen molar-refractivity contribution in [1.29, 1.82) is 0 Å². The first kappa shape index (κ1) is 43.8. The number of aliphatic hydroxyl groups excluding tert-OH is 1. The number of aliphatic hydroxyl groups is 1. The van der Waals surface area contributed by atoms with Crippen LogP contribution < -0.4 is 11.1 Å². The first-order valence-corrected chi connectivity index (χ1v) is 21.6. The molecule has 54 heavy (non-hydrogen) atoms. The average Bonchev–Trinajstić information content (AvgIpc) is 3.74. The molecule has 5 N–H and O–H groups in total. The predicted molar refractivity (Wildman–Crippen MR) is 210 cm³/mol. The molecule has 13 nitrogen and oxygen atoms in total. The summed E-state index contributed by atoms with van der Waals surface area (Å²) in [6.07, 6.45) is 20.2. The van der Waals surface area contributed by atoms with E-state index in [0.717, 1.165) is 19.3 Å². The van der Waals surface area contributed by atoms with Crippen LogP contribution in [-0.4, -0.2) is 75.2 Å². The highest BCUT2D eigenvalue weighted by molar-refractivity contribution is 7.47. The van der Waals surface area contributed by atoms with Gasteiger partial charge in [0.2, 0.25) is 0 Å². The average molecular weight is 774 g/mol. The Labute approximate surface area is 321 Å². The zero-order valence-electron chi connectivity index (χ0n) is 32.4. The highest BCUT2D eigenvalue weighted by atomic mass is 31.2. The van der Waals surface area contributed by atoms with Crippen LogP contribution in [0.4, 0.5) is 5.82 Å². The maximum absolute atomic E-state index is 13.0. The van der Waals surface area contributed by atoms with Crippen LogP contribution >= 0.6 is 7.82 Å². The van der Waals surface area contributed by atoms with Gasteiger partial charge in [0.1, 0.15) is 23.5 Å². The van der Waals surface area contributed by atoms with Gasteiger partial charge in [-0.25, -0.2) is 14.1 Å². The van der Waals surface area contributed by atoms with Gasteiger partial charge in [-0.3, -0.25) is 13.8 Å². The Morgan fingerprint density at radius 3 is 2.19 bits per heavy atom. The Hall–Kier alpha value is -2.90. The third kappa shape index (κ3) is 14.6. The fraction of sp³-hybridized carbons (Fsp3) is 0.675. The van der Waals surface area contributed by atoms with Crippen LogP contribution in [0.5, 0.6) is 0 Å². The summed E-state index contributed by atoms with van der Waals surface area (Å²) in [6, 6.07) is 11.6. The number of nitrogens with zero attached hydrogens (tertiary/aromatic N) is 3. The number of hydrogen-bond donors (Lipinski definition) is 4. The van der Waals surface area contributed by atoms with Gasteiger partial charge in [0.05, 0.1) is 37.7 Å². The van der Waals surface area contributed by atoms with Crippen molar-refractivity contribution >= 4 is 25.1 Å². The Morgan fingerprint density at radius 1 is 0.944 bits per heavy atom. The van der Waals surface area contributed by atoms with Crippen molar-refractivity contribution in [3.63, 3.8) is 0 Å². The summed E-state index contributed by atoms with van der Waals surface area (Å²) in [4.78, 5) is 27.5. The van der Waals surface area contributed by atoms with Gasteiger partial charge < -0.3 is 30.5 Å². The number of ether oxygens (including phenoxy) is 2. The lowest BCUT2D eigenvalue weighted by atomic mass is 9.97. The molecule has 5 atom stereocenters. The van der Waals surface area contributed by atoms with Gasteiger partial charge in [0.15, 0.2) is 5.82 Å². The second-order valence-electron chi connectivity index (χ2n) is 14.8. The number of benzene rings is 1. The van der Waals surface area contributed by atoms with E-state index in [0.29, 0.717) is 29.2 Å².